The van der Waals surface area contributed by atoms with Crippen LogP contribution in [0.5, 0.6) is 0 Å². The van der Waals surface area contributed by atoms with Gasteiger partial charge in [0.2, 0.25) is 0 Å². The molecular formula is C14H13Cl2FN2. The van der Waals surface area contributed by atoms with E-state index in [1.54, 1.807) is 18.2 Å². The summed E-state index contributed by atoms with van der Waals surface area (Å²) >= 11 is 12.0. The topological polar surface area (TPSA) is 38.0 Å². The Hall–Kier alpha value is -1.13. The number of hydrogen-bond acceptors (Lipinski definition) is 2. The molecule has 1 unspecified atom stereocenters. The monoisotopic (exact) mass is 298 g/mol. The number of halogens is 3. The van der Waals surface area contributed by atoms with E-state index < -0.39 is 0 Å². The van der Waals surface area contributed by atoms with Gasteiger partial charge in [-0.2, -0.15) is 0 Å². The Bertz CT molecular complexity index is 582. The zero-order chi connectivity index (χ0) is 14.0. The van der Waals surface area contributed by atoms with Gasteiger partial charge in [-0.15, -0.1) is 0 Å². The van der Waals surface area contributed by atoms with Crippen molar-refractivity contribution in [2.24, 2.45) is 5.84 Å². The highest BCUT2D eigenvalue weighted by atomic mass is 35.5. The summed E-state index contributed by atoms with van der Waals surface area (Å²) in [5, 5.41) is 1.03. The number of aryl methyl sites for hydroxylation is 1. The second-order valence-corrected chi connectivity index (χ2v) is 5.17. The Morgan fingerprint density at radius 1 is 1.16 bits per heavy atom. The molecule has 0 heterocycles. The predicted octanol–water partition coefficient (Wildman–Crippen LogP) is 3.99. The van der Waals surface area contributed by atoms with Gasteiger partial charge in [-0.3, -0.25) is 5.84 Å². The average molecular weight is 299 g/mol. The van der Waals surface area contributed by atoms with Gasteiger partial charge in [-0.1, -0.05) is 35.3 Å². The van der Waals surface area contributed by atoms with Crippen molar-refractivity contribution < 1.29 is 4.39 Å². The van der Waals surface area contributed by atoms with Gasteiger partial charge in [0.15, 0.2) is 0 Å². The molecule has 0 bridgehead atoms. The Morgan fingerprint density at radius 2 is 1.89 bits per heavy atom. The fourth-order valence-corrected chi connectivity index (χ4v) is 2.55. The number of hydrazine groups is 1. The summed E-state index contributed by atoms with van der Waals surface area (Å²) < 4.78 is 13.5. The van der Waals surface area contributed by atoms with Gasteiger partial charge >= 0.3 is 0 Å². The second kappa shape index (κ2) is 5.88. The quantitative estimate of drug-likeness (QED) is 0.664. The lowest BCUT2D eigenvalue weighted by Gasteiger charge is -2.19. The molecule has 19 heavy (non-hydrogen) atoms. The van der Waals surface area contributed by atoms with Crippen molar-refractivity contribution in [1.29, 1.82) is 0 Å². The van der Waals surface area contributed by atoms with Crippen molar-refractivity contribution in [2.75, 3.05) is 0 Å². The Balaban J connectivity index is 2.49. The number of hydrogen-bond donors (Lipinski definition) is 2. The van der Waals surface area contributed by atoms with Gasteiger partial charge in [0.25, 0.3) is 0 Å². The van der Waals surface area contributed by atoms with Gasteiger partial charge in [0, 0.05) is 10.0 Å². The van der Waals surface area contributed by atoms with Crippen LogP contribution >= 0.6 is 23.2 Å². The first-order valence-corrected chi connectivity index (χ1v) is 6.45. The summed E-state index contributed by atoms with van der Waals surface area (Å²) in [5.41, 5.74) is 4.94. The molecule has 0 spiro atoms. The molecule has 2 aromatic rings. The zero-order valence-electron chi connectivity index (χ0n) is 10.3. The van der Waals surface area contributed by atoms with Crippen LogP contribution in [0, 0.1) is 12.7 Å². The molecule has 0 fully saturated rings. The number of nitrogens with two attached hydrogens (primary N) is 1. The minimum atomic E-state index is -0.390. The van der Waals surface area contributed by atoms with E-state index in [0.29, 0.717) is 15.6 Å². The summed E-state index contributed by atoms with van der Waals surface area (Å²) in [7, 11) is 0. The third kappa shape index (κ3) is 3.25. The third-order valence-corrected chi connectivity index (χ3v) is 3.40. The van der Waals surface area contributed by atoms with Crippen LogP contribution in [-0.4, -0.2) is 0 Å². The molecule has 3 N–H and O–H groups in total. The summed E-state index contributed by atoms with van der Waals surface area (Å²) in [5.74, 6) is 5.27. The Morgan fingerprint density at radius 3 is 2.47 bits per heavy atom. The van der Waals surface area contributed by atoms with Crippen LogP contribution in [0.3, 0.4) is 0 Å². The van der Waals surface area contributed by atoms with Crippen LogP contribution < -0.4 is 11.3 Å². The highest BCUT2D eigenvalue weighted by Crippen LogP contribution is 2.30. The van der Waals surface area contributed by atoms with Gasteiger partial charge in [-0.25, -0.2) is 9.82 Å². The molecule has 0 amide bonds. The molecule has 1 atom stereocenters. The van der Waals surface area contributed by atoms with E-state index in [1.165, 1.54) is 12.1 Å². The maximum atomic E-state index is 13.5. The molecule has 0 aliphatic heterocycles. The number of rotatable bonds is 3. The molecular weight excluding hydrogens is 286 g/mol. The van der Waals surface area contributed by atoms with Crippen LogP contribution in [0.1, 0.15) is 22.7 Å². The van der Waals surface area contributed by atoms with E-state index in [0.717, 1.165) is 11.1 Å². The fourth-order valence-electron chi connectivity index (χ4n) is 2.03. The number of nitrogens with one attached hydrogen (secondary N) is 1. The maximum Gasteiger partial charge on any atom is 0.123 e. The maximum absolute atomic E-state index is 13.5. The lowest BCUT2D eigenvalue weighted by molar-refractivity contribution is 0.604. The molecule has 0 aliphatic rings. The van der Waals surface area contributed by atoms with Crippen molar-refractivity contribution in [1.82, 2.24) is 5.43 Å². The average Bonchev–Trinajstić information content (AvgIpc) is 2.31. The molecule has 2 rings (SSSR count). The fraction of sp³-hybridized carbons (Fsp3) is 0.143. The molecule has 2 aromatic carbocycles. The third-order valence-electron chi connectivity index (χ3n) is 2.84. The minimum absolute atomic E-state index is 0.305. The van der Waals surface area contributed by atoms with Crippen LogP contribution in [0.4, 0.5) is 4.39 Å². The molecule has 2 nitrogen and oxygen atoms in total. The number of benzene rings is 2. The van der Waals surface area contributed by atoms with Crippen molar-refractivity contribution in [3.8, 4) is 0 Å². The van der Waals surface area contributed by atoms with Crippen LogP contribution in [0.2, 0.25) is 10.0 Å². The van der Waals surface area contributed by atoms with Crippen LogP contribution in [0.25, 0.3) is 0 Å². The lowest BCUT2D eigenvalue weighted by atomic mass is 9.97. The first-order chi connectivity index (χ1) is 9.01. The summed E-state index contributed by atoms with van der Waals surface area (Å²) in [6.07, 6.45) is 0. The molecule has 0 saturated heterocycles. The van der Waals surface area contributed by atoms with E-state index in [1.807, 2.05) is 13.0 Å². The second-order valence-electron chi connectivity index (χ2n) is 4.33. The summed E-state index contributed by atoms with van der Waals surface area (Å²) in [4.78, 5) is 0. The molecule has 0 saturated carbocycles. The van der Waals surface area contributed by atoms with Crippen molar-refractivity contribution in [3.63, 3.8) is 0 Å². The van der Waals surface area contributed by atoms with E-state index in [-0.39, 0.29) is 11.9 Å². The van der Waals surface area contributed by atoms with Crippen molar-refractivity contribution in [3.05, 3.63) is 69.0 Å². The molecule has 0 aliphatic carbocycles. The van der Waals surface area contributed by atoms with Gasteiger partial charge in [0.05, 0.1) is 6.04 Å². The molecule has 100 valence electrons. The Kier molecular flexibility index (Phi) is 4.42. The smallest absolute Gasteiger partial charge is 0.123 e. The molecule has 0 aromatic heterocycles. The zero-order valence-corrected chi connectivity index (χ0v) is 11.8. The minimum Gasteiger partial charge on any atom is -0.271 e. The first kappa shape index (κ1) is 14.3. The standard InChI is InChI=1S/C14H13Cl2FN2/c1-8-4-9(6-11(17)5-8)14(19-18)12-3-2-10(15)7-13(12)16/h2-7,14,19H,18H2,1H3. The van der Waals surface area contributed by atoms with E-state index in [9.17, 15) is 4.39 Å². The summed E-state index contributed by atoms with van der Waals surface area (Å²) in [6, 6.07) is 9.49. The van der Waals surface area contributed by atoms with Gasteiger partial charge < -0.3 is 0 Å². The molecule has 0 radical (unpaired) electrons. The van der Waals surface area contributed by atoms with Gasteiger partial charge in [-0.05, 0) is 47.9 Å². The first-order valence-electron chi connectivity index (χ1n) is 5.69. The van der Waals surface area contributed by atoms with E-state index in [2.05, 4.69) is 5.43 Å². The van der Waals surface area contributed by atoms with E-state index >= 15 is 0 Å². The highest BCUT2D eigenvalue weighted by Gasteiger charge is 2.16. The van der Waals surface area contributed by atoms with Crippen molar-refractivity contribution >= 4 is 23.2 Å². The normalized spacial score (nSPS) is 12.5. The van der Waals surface area contributed by atoms with E-state index in [4.69, 9.17) is 29.0 Å². The summed E-state index contributed by atoms with van der Waals surface area (Å²) in [6.45, 7) is 1.82. The highest BCUT2D eigenvalue weighted by molar-refractivity contribution is 6.35. The van der Waals surface area contributed by atoms with Crippen LogP contribution in [0.15, 0.2) is 36.4 Å². The Labute approximate surface area is 121 Å². The van der Waals surface area contributed by atoms with Crippen LogP contribution in [-0.2, 0) is 0 Å². The largest absolute Gasteiger partial charge is 0.271 e. The van der Waals surface area contributed by atoms with Crippen molar-refractivity contribution in [2.45, 2.75) is 13.0 Å². The molecule has 5 heteroatoms. The predicted molar refractivity (Wildman–Crippen MR) is 76.8 cm³/mol. The lowest BCUT2D eigenvalue weighted by Crippen LogP contribution is -2.29. The van der Waals surface area contributed by atoms with Gasteiger partial charge in [0.1, 0.15) is 5.82 Å². The SMILES string of the molecule is Cc1cc(F)cc(C(NN)c2ccc(Cl)cc2Cl)c1.